The summed E-state index contributed by atoms with van der Waals surface area (Å²) in [5.41, 5.74) is 1.34. The van der Waals surface area contributed by atoms with E-state index in [1.54, 1.807) is 0 Å². The molecular weight excluding hydrogens is 238 g/mol. The molecule has 0 radical (unpaired) electrons. The molecule has 0 unspecified atom stereocenters. The minimum absolute atomic E-state index is 0.101. The van der Waals surface area contributed by atoms with Crippen molar-refractivity contribution >= 4 is 5.97 Å². The highest BCUT2D eigenvalue weighted by molar-refractivity contribution is 5.69. The Balaban J connectivity index is 1.75. The smallest absolute Gasteiger partial charge is 0.306 e. The van der Waals surface area contributed by atoms with Gasteiger partial charge in [-0.05, 0) is 44.2 Å². The molecule has 1 fully saturated rings. The first-order chi connectivity index (χ1) is 9.15. The summed E-state index contributed by atoms with van der Waals surface area (Å²) in [7, 11) is 2.15. The Bertz CT molecular complexity index is 396. The molecule has 1 saturated carbocycles. The predicted molar refractivity (Wildman–Crippen MR) is 75.9 cm³/mol. The minimum atomic E-state index is -0.615. The Hall–Kier alpha value is -1.35. The molecule has 2 rings (SSSR count). The molecule has 104 valence electrons. The molecular formula is C16H23NO2. The highest BCUT2D eigenvalue weighted by Crippen LogP contribution is 2.29. The lowest BCUT2D eigenvalue weighted by atomic mass is 9.82. The third-order valence-corrected chi connectivity index (χ3v) is 4.06. The van der Waals surface area contributed by atoms with Crippen LogP contribution in [0.2, 0.25) is 0 Å². The largest absolute Gasteiger partial charge is 0.481 e. The molecule has 1 aromatic carbocycles. The number of hydrogen-bond donors (Lipinski definition) is 1. The molecule has 1 aliphatic rings. The third kappa shape index (κ3) is 4.35. The topological polar surface area (TPSA) is 40.5 Å². The molecule has 0 saturated heterocycles. The van der Waals surface area contributed by atoms with Gasteiger partial charge < -0.3 is 10.0 Å². The maximum absolute atomic E-state index is 10.9. The molecule has 1 aromatic rings. The molecule has 0 spiro atoms. The summed E-state index contributed by atoms with van der Waals surface area (Å²) in [4.78, 5) is 13.3. The van der Waals surface area contributed by atoms with Gasteiger partial charge in [0.05, 0.1) is 5.92 Å². The van der Waals surface area contributed by atoms with Gasteiger partial charge in [-0.25, -0.2) is 0 Å². The molecule has 0 aromatic heterocycles. The molecule has 1 N–H and O–H groups in total. The lowest BCUT2D eigenvalue weighted by molar-refractivity contribution is -0.143. The number of hydrogen-bond acceptors (Lipinski definition) is 2. The predicted octanol–water partition coefficient (Wildman–Crippen LogP) is 3.01. The van der Waals surface area contributed by atoms with Crippen LogP contribution in [-0.2, 0) is 11.3 Å². The number of rotatable bonds is 5. The zero-order chi connectivity index (χ0) is 13.7. The first kappa shape index (κ1) is 14.1. The van der Waals surface area contributed by atoms with Gasteiger partial charge in [0.15, 0.2) is 0 Å². The van der Waals surface area contributed by atoms with Crippen molar-refractivity contribution in [3.05, 3.63) is 35.9 Å². The van der Waals surface area contributed by atoms with Crippen molar-refractivity contribution < 1.29 is 9.90 Å². The summed E-state index contributed by atoms with van der Waals surface area (Å²) in [6, 6.07) is 10.5. The van der Waals surface area contributed by atoms with Gasteiger partial charge in [-0.2, -0.15) is 0 Å². The normalized spacial score (nSPS) is 23.5. The number of carboxylic acid groups (broad SMARTS) is 1. The Morgan fingerprint density at radius 1 is 1.21 bits per heavy atom. The average molecular weight is 261 g/mol. The Morgan fingerprint density at radius 2 is 1.84 bits per heavy atom. The zero-order valence-corrected chi connectivity index (χ0v) is 11.6. The maximum Gasteiger partial charge on any atom is 0.306 e. The number of carboxylic acids is 1. The molecule has 0 amide bonds. The summed E-state index contributed by atoms with van der Waals surface area (Å²) in [6.45, 7) is 2.04. The van der Waals surface area contributed by atoms with Crippen molar-refractivity contribution in [2.24, 2.45) is 11.8 Å². The second-order valence-corrected chi connectivity index (χ2v) is 5.74. The van der Waals surface area contributed by atoms with E-state index in [4.69, 9.17) is 5.11 Å². The molecule has 0 atom stereocenters. The fourth-order valence-electron chi connectivity index (χ4n) is 2.99. The molecule has 3 nitrogen and oxygen atoms in total. The number of benzene rings is 1. The second kappa shape index (κ2) is 6.71. The van der Waals surface area contributed by atoms with E-state index < -0.39 is 5.97 Å². The summed E-state index contributed by atoms with van der Waals surface area (Å²) >= 11 is 0. The van der Waals surface area contributed by atoms with E-state index >= 15 is 0 Å². The van der Waals surface area contributed by atoms with Gasteiger partial charge >= 0.3 is 5.97 Å². The van der Waals surface area contributed by atoms with E-state index in [0.717, 1.165) is 38.8 Å². The van der Waals surface area contributed by atoms with Crippen molar-refractivity contribution in [2.45, 2.75) is 32.2 Å². The van der Waals surface area contributed by atoms with Crippen LogP contribution in [0, 0.1) is 11.8 Å². The zero-order valence-electron chi connectivity index (χ0n) is 11.6. The standard InChI is InChI=1S/C16H23NO2/c1-17(11-13-5-3-2-4-6-13)12-14-7-9-15(10-8-14)16(18)19/h2-6,14-15H,7-12H2,1H3,(H,18,19). The SMILES string of the molecule is CN(Cc1ccccc1)CC1CCC(C(=O)O)CC1. The van der Waals surface area contributed by atoms with Gasteiger partial charge in [-0.3, -0.25) is 4.79 Å². The lowest BCUT2D eigenvalue weighted by Crippen LogP contribution is -2.30. The highest BCUT2D eigenvalue weighted by Gasteiger charge is 2.26. The quantitative estimate of drug-likeness (QED) is 0.885. The Morgan fingerprint density at radius 3 is 2.42 bits per heavy atom. The van der Waals surface area contributed by atoms with E-state index in [-0.39, 0.29) is 5.92 Å². The van der Waals surface area contributed by atoms with E-state index in [0.29, 0.717) is 5.92 Å². The second-order valence-electron chi connectivity index (χ2n) is 5.74. The van der Waals surface area contributed by atoms with E-state index in [1.165, 1.54) is 5.56 Å². The van der Waals surface area contributed by atoms with Crippen LogP contribution in [-0.4, -0.2) is 29.6 Å². The van der Waals surface area contributed by atoms with Crippen LogP contribution in [0.1, 0.15) is 31.2 Å². The molecule has 0 bridgehead atoms. The maximum atomic E-state index is 10.9. The fourth-order valence-corrected chi connectivity index (χ4v) is 2.99. The van der Waals surface area contributed by atoms with Crippen LogP contribution in [0.4, 0.5) is 0 Å². The van der Waals surface area contributed by atoms with Crippen molar-refractivity contribution in [3.8, 4) is 0 Å². The van der Waals surface area contributed by atoms with E-state index in [1.807, 2.05) is 6.07 Å². The summed E-state index contributed by atoms with van der Waals surface area (Å²) in [6.07, 6.45) is 3.80. The fraction of sp³-hybridized carbons (Fsp3) is 0.562. The van der Waals surface area contributed by atoms with Crippen molar-refractivity contribution in [2.75, 3.05) is 13.6 Å². The van der Waals surface area contributed by atoms with Crippen LogP contribution in [0.25, 0.3) is 0 Å². The number of aliphatic carboxylic acids is 1. The van der Waals surface area contributed by atoms with Crippen LogP contribution in [0.3, 0.4) is 0 Å². The van der Waals surface area contributed by atoms with Crippen molar-refractivity contribution in [1.82, 2.24) is 4.90 Å². The van der Waals surface area contributed by atoms with Crippen LogP contribution >= 0.6 is 0 Å². The summed E-state index contributed by atoms with van der Waals surface area (Å²) in [5.74, 6) is -0.0592. The van der Waals surface area contributed by atoms with Gasteiger partial charge in [-0.15, -0.1) is 0 Å². The van der Waals surface area contributed by atoms with Gasteiger partial charge in [0.1, 0.15) is 0 Å². The average Bonchev–Trinajstić information content (AvgIpc) is 2.40. The summed E-state index contributed by atoms with van der Waals surface area (Å²) in [5, 5.41) is 8.99. The van der Waals surface area contributed by atoms with E-state index in [9.17, 15) is 4.79 Å². The lowest BCUT2D eigenvalue weighted by Gasteiger charge is -2.29. The first-order valence-corrected chi connectivity index (χ1v) is 7.10. The minimum Gasteiger partial charge on any atom is -0.481 e. The Labute approximate surface area is 115 Å². The van der Waals surface area contributed by atoms with Crippen molar-refractivity contribution in [1.29, 1.82) is 0 Å². The van der Waals surface area contributed by atoms with Crippen LogP contribution in [0.15, 0.2) is 30.3 Å². The highest BCUT2D eigenvalue weighted by atomic mass is 16.4. The van der Waals surface area contributed by atoms with Crippen LogP contribution < -0.4 is 0 Å². The van der Waals surface area contributed by atoms with Gasteiger partial charge in [0, 0.05) is 13.1 Å². The van der Waals surface area contributed by atoms with Gasteiger partial charge in [0.25, 0.3) is 0 Å². The third-order valence-electron chi connectivity index (χ3n) is 4.06. The summed E-state index contributed by atoms with van der Waals surface area (Å²) < 4.78 is 0. The first-order valence-electron chi connectivity index (χ1n) is 7.10. The number of carbonyl (C=O) groups is 1. The molecule has 0 aliphatic heterocycles. The molecule has 3 heteroatoms. The van der Waals surface area contributed by atoms with Gasteiger partial charge in [-0.1, -0.05) is 30.3 Å². The van der Waals surface area contributed by atoms with Gasteiger partial charge in [0.2, 0.25) is 0 Å². The van der Waals surface area contributed by atoms with Crippen LogP contribution in [0.5, 0.6) is 0 Å². The molecule has 19 heavy (non-hydrogen) atoms. The van der Waals surface area contributed by atoms with E-state index in [2.05, 4.69) is 36.2 Å². The molecule has 1 aliphatic carbocycles. The monoisotopic (exact) mass is 261 g/mol. The van der Waals surface area contributed by atoms with Crippen molar-refractivity contribution in [3.63, 3.8) is 0 Å². The molecule has 0 heterocycles. The number of nitrogens with zero attached hydrogens (tertiary/aromatic N) is 1. The Kier molecular flexibility index (Phi) is 4.97.